The number of carbonyl (C=O) groups excluding carboxylic acids is 2. The number of nitrogens with zero attached hydrogens (tertiary/aromatic N) is 3. The predicted octanol–water partition coefficient (Wildman–Crippen LogP) is 3.31. The van der Waals surface area contributed by atoms with E-state index in [2.05, 4.69) is 17.1 Å². The highest BCUT2D eigenvalue weighted by molar-refractivity contribution is 6.04. The summed E-state index contributed by atoms with van der Waals surface area (Å²) < 4.78 is 15.9. The van der Waals surface area contributed by atoms with Crippen LogP contribution in [0.4, 0.5) is 10.1 Å². The molecule has 1 N–H and O–H groups in total. The van der Waals surface area contributed by atoms with Crippen molar-refractivity contribution in [3.63, 3.8) is 0 Å². The highest BCUT2D eigenvalue weighted by Gasteiger charge is 2.33. The molecule has 1 aromatic heterocycles. The van der Waals surface area contributed by atoms with Crippen LogP contribution in [0.5, 0.6) is 0 Å². The zero-order valence-corrected chi connectivity index (χ0v) is 20.1. The third kappa shape index (κ3) is 5.22. The van der Waals surface area contributed by atoms with E-state index in [-0.39, 0.29) is 29.0 Å². The zero-order chi connectivity index (χ0) is 24.4. The minimum absolute atomic E-state index is 0.107. The van der Waals surface area contributed by atoms with Crippen molar-refractivity contribution in [2.24, 2.45) is 13.0 Å². The van der Waals surface area contributed by atoms with Crippen LogP contribution in [0.2, 0.25) is 0 Å². The van der Waals surface area contributed by atoms with E-state index >= 15 is 0 Å². The maximum Gasteiger partial charge on any atom is 0.255 e. The summed E-state index contributed by atoms with van der Waals surface area (Å²) >= 11 is 0. The van der Waals surface area contributed by atoms with E-state index in [9.17, 15) is 18.8 Å². The van der Waals surface area contributed by atoms with Crippen LogP contribution in [-0.2, 0) is 18.4 Å². The fourth-order valence-electron chi connectivity index (χ4n) is 5.07. The Morgan fingerprint density at radius 3 is 2.56 bits per heavy atom. The van der Waals surface area contributed by atoms with E-state index in [1.165, 1.54) is 29.0 Å². The van der Waals surface area contributed by atoms with Gasteiger partial charge in [-0.1, -0.05) is 12.8 Å². The molecule has 182 valence electrons. The zero-order valence-electron chi connectivity index (χ0n) is 20.1. The number of carbonyl (C=O) groups is 2. The summed E-state index contributed by atoms with van der Waals surface area (Å²) in [6.45, 7) is 6.60. The van der Waals surface area contributed by atoms with E-state index < -0.39 is 11.7 Å². The van der Waals surface area contributed by atoms with E-state index in [4.69, 9.17) is 0 Å². The monoisotopic (exact) mass is 468 g/mol. The molecular weight excluding hydrogens is 435 g/mol. The van der Waals surface area contributed by atoms with E-state index in [1.54, 1.807) is 13.1 Å². The first-order valence-corrected chi connectivity index (χ1v) is 12.0. The average molecular weight is 469 g/mol. The first-order chi connectivity index (χ1) is 16.2. The number of anilines is 1. The molecule has 0 spiro atoms. The summed E-state index contributed by atoms with van der Waals surface area (Å²) in [5, 5.41) is 2.76. The minimum Gasteiger partial charge on any atom is -0.337 e. The molecule has 8 heteroatoms. The van der Waals surface area contributed by atoms with E-state index in [0.29, 0.717) is 18.8 Å². The number of benzene rings is 1. The topological polar surface area (TPSA) is 74.7 Å². The third-order valence-electron chi connectivity index (χ3n) is 7.19. The van der Waals surface area contributed by atoms with Gasteiger partial charge in [-0.25, -0.2) is 4.39 Å². The van der Waals surface area contributed by atoms with Crippen molar-refractivity contribution >= 4 is 17.5 Å². The molecule has 4 rings (SSSR count). The van der Waals surface area contributed by atoms with Crippen LogP contribution < -0.4 is 10.9 Å². The molecule has 1 saturated heterocycles. The molecule has 1 aliphatic carbocycles. The molecule has 1 aromatic carbocycles. The van der Waals surface area contributed by atoms with Gasteiger partial charge in [-0.2, -0.15) is 0 Å². The Bertz CT molecular complexity index is 1140. The number of hydrogen-bond donors (Lipinski definition) is 1. The molecule has 0 bridgehead atoms. The highest BCUT2D eigenvalue weighted by atomic mass is 19.1. The van der Waals surface area contributed by atoms with Crippen molar-refractivity contribution in [3.8, 4) is 0 Å². The van der Waals surface area contributed by atoms with Crippen LogP contribution in [0.25, 0.3) is 0 Å². The van der Waals surface area contributed by atoms with Gasteiger partial charge in [-0.15, -0.1) is 0 Å². The molecule has 2 aromatic rings. The van der Waals surface area contributed by atoms with Gasteiger partial charge in [-0.3, -0.25) is 19.3 Å². The highest BCUT2D eigenvalue weighted by Crippen LogP contribution is 2.29. The second-order valence-electron chi connectivity index (χ2n) is 9.65. The Labute approximate surface area is 199 Å². The number of rotatable bonds is 5. The maximum atomic E-state index is 14.5. The molecule has 34 heavy (non-hydrogen) atoms. The first-order valence-electron chi connectivity index (χ1n) is 12.0. The van der Waals surface area contributed by atoms with Crippen LogP contribution in [0.3, 0.4) is 0 Å². The smallest absolute Gasteiger partial charge is 0.255 e. The SMILES string of the molecule is Cc1c(CN2CCN(C(=O)C3CCCC3)C(C)C2)cc(F)cc1NC(=O)c1ccn(C)c(=O)c1. The predicted molar refractivity (Wildman–Crippen MR) is 129 cm³/mol. The largest absolute Gasteiger partial charge is 0.337 e. The summed E-state index contributed by atoms with van der Waals surface area (Å²) in [6.07, 6.45) is 5.81. The number of halogens is 1. The van der Waals surface area contributed by atoms with Gasteiger partial charge in [0.2, 0.25) is 5.91 Å². The molecular formula is C26H33FN4O3. The minimum atomic E-state index is -0.454. The molecule has 1 saturated carbocycles. The van der Waals surface area contributed by atoms with Gasteiger partial charge >= 0.3 is 0 Å². The molecule has 7 nitrogen and oxygen atoms in total. The molecule has 0 radical (unpaired) electrons. The molecule has 1 unspecified atom stereocenters. The first kappa shape index (κ1) is 24.1. The Kier molecular flexibility index (Phi) is 7.16. The van der Waals surface area contributed by atoms with Gasteiger partial charge in [0, 0.05) is 68.7 Å². The summed E-state index contributed by atoms with van der Waals surface area (Å²) in [4.78, 5) is 41.6. The van der Waals surface area contributed by atoms with Gasteiger partial charge in [0.1, 0.15) is 5.82 Å². The number of amides is 2. The van der Waals surface area contributed by atoms with Gasteiger partial charge in [-0.05, 0) is 56.0 Å². The lowest BCUT2D eigenvalue weighted by Gasteiger charge is -2.41. The molecule has 2 heterocycles. The Balaban J connectivity index is 1.44. The van der Waals surface area contributed by atoms with E-state index in [0.717, 1.165) is 49.9 Å². The second kappa shape index (κ2) is 10.1. The van der Waals surface area contributed by atoms with Crippen molar-refractivity contribution in [3.05, 3.63) is 63.3 Å². The summed E-state index contributed by atoms with van der Waals surface area (Å²) in [5.74, 6) is -0.421. The fraction of sp³-hybridized carbons (Fsp3) is 0.500. The number of nitrogens with one attached hydrogen (secondary N) is 1. The van der Waals surface area contributed by atoms with Gasteiger partial charge in [0.15, 0.2) is 0 Å². The van der Waals surface area contributed by atoms with Crippen LogP contribution >= 0.6 is 0 Å². The van der Waals surface area contributed by atoms with Crippen LogP contribution in [0, 0.1) is 18.7 Å². The average Bonchev–Trinajstić information content (AvgIpc) is 3.33. The standard InChI is InChI=1S/C26H33FN4O3/c1-17-15-30(10-11-31(17)26(34)19-6-4-5-7-19)16-21-12-22(27)14-23(18(21)2)28-25(33)20-8-9-29(3)24(32)13-20/h8-9,12-14,17,19H,4-7,10-11,15-16H2,1-3H3,(H,28,33). The van der Waals surface area contributed by atoms with Crippen molar-refractivity contribution in [1.29, 1.82) is 0 Å². The Morgan fingerprint density at radius 1 is 1.15 bits per heavy atom. The third-order valence-corrected chi connectivity index (χ3v) is 7.19. The summed E-state index contributed by atoms with van der Waals surface area (Å²) in [6, 6.07) is 5.73. The van der Waals surface area contributed by atoms with Crippen LogP contribution in [-0.4, -0.2) is 51.9 Å². The number of aryl methyl sites for hydroxylation is 1. The quantitative estimate of drug-likeness (QED) is 0.731. The maximum absolute atomic E-state index is 14.5. The summed E-state index contributed by atoms with van der Waals surface area (Å²) in [7, 11) is 1.61. The Hall–Kier alpha value is -3.00. The fourth-order valence-corrected chi connectivity index (χ4v) is 5.07. The molecule has 1 aliphatic heterocycles. The number of aromatic nitrogens is 1. The number of piperazine rings is 1. The molecule has 2 fully saturated rings. The van der Waals surface area contributed by atoms with E-state index in [1.807, 2.05) is 11.8 Å². The molecule has 2 aliphatic rings. The van der Waals surface area contributed by atoms with Crippen molar-refractivity contribution in [2.75, 3.05) is 25.0 Å². The van der Waals surface area contributed by atoms with Crippen molar-refractivity contribution in [1.82, 2.24) is 14.4 Å². The number of hydrogen-bond acceptors (Lipinski definition) is 4. The van der Waals surface area contributed by atoms with Gasteiger partial charge in [0.05, 0.1) is 0 Å². The van der Waals surface area contributed by atoms with Gasteiger partial charge in [0.25, 0.3) is 11.5 Å². The van der Waals surface area contributed by atoms with Gasteiger partial charge < -0.3 is 14.8 Å². The molecule has 2 amide bonds. The number of pyridine rings is 1. The lowest BCUT2D eigenvalue weighted by atomic mass is 10.0. The summed E-state index contributed by atoms with van der Waals surface area (Å²) in [5.41, 5.74) is 1.91. The van der Waals surface area contributed by atoms with Crippen LogP contribution in [0.1, 0.15) is 54.1 Å². The second-order valence-corrected chi connectivity index (χ2v) is 9.65. The van der Waals surface area contributed by atoms with Crippen molar-refractivity contribution < 1.29 is 14.0 Å². The normalized spacial score (nSPS) is 19.4. The Morgan fingerprint density at radius 2 is 1.88 bits per heavy atom. The lowest BCUT2D eigenvalue weighted by molar-refractivity contribution is -0.140. The molecule has 1 atom stereocenters. The van der Waals surface area contributed by atoms with Crippen molar-refractivity contribution in [2.45, 2.75) is 52.1 Å². The lowest BCUT2D eigenvalue weighted by Crippen LogP contribution is -2.54. The van der Waals surface area contributed by atoms with Crippen LogP contribution in [0.15, 0.2) is 35.3 Å².